The average molecular weight is 312 g/mol. The lowest BCUT2D eigenvalue weighted by Gasteiger charge is -2.15. The Balaban J connectivity index is 1.81. The van der Waals surface area contributed by atoms with Crippen LogP contribution in [-0.4, -0.2) is 43.0 Å². The van der Waals surface area contributed by atoms with Crippen molar-refractivity contribution in [3.05, 3.63) is 29.8 Å². The number of halogens is 2. The summed E-state index contributed by atoms with van der Waals surface area (Å²) in [7, 11) is 0. The highest BCUT2D eigenvalue weighted by Gasteiger charge is 2.19. The molecular weight excluding hydrogens is 294 g/mol. The molecule has 0 aromatic heterocycles. The van der Waals surface area contributed by atoms with Crippen molar-refractivity contribution < 1.29 is 23.1 Å². The van der Waals surface area contributed by atoms with Crippen LogP contribution in [0.4, 0.5) is 8.78 Å². The lowest BCUT2D eigenvalue weighted by atomic mass is 10.2. The van der Waals surface area contributed by atoms with Gasteiger partial charge in [-0.3, -0.25) is 9.59 Å². The number of ether oxygens (including phenoxy) is 1. The van der Waals surface area contributed by atoms with Crippen LogP contribution < -0.4 is 10.1 Å². The molecule has 120 valence electrons. The molecule has 1 N–H and O–H groups in total. The van der Waals surface area contributed by atoms with Crippen molar-refractivity contribution in [2.75, 3.05) is 19.6 Å². The minimum Gasteiger partial charge on any atom is -0.434 e. The monoisotopic (exact) mass is 312 g/mol. The number of likely N-dealkylation sites (tertiary alicyclic amines) is 1. The number of hydrogen-bond donors (Lipinski definition) is 1. The van der Waals surface area contributed by atoms with Gasteiger partial charge in [-0.2, -0.15) is 8.78 Å². The van der Waals surface area contributed by atoms with Crippen molar-refractivity contribution in [1.82, 2.24) is 10.2 Å². The van der Waals surface area contributed by atoms with E-state index in [0.29, 0.717) is 25.9 Å². The molecule has 1 fully saturated rings. The molecule has 0 spiro atoms. The molecule has 5 nitrogen and oxygen atoms in total. The summed E-state index contributed by atoms with van der Waals surface area (Å²) in [5.41, 5.74) is 0.0695. The van der Waals surface area contributed by atoms with E-state index >= 15 is 0 Å². The summed E-state index contributed by atoms with van der Waals surface area (Å²) >= 11 is 0. The molecule has 0 bridgehead atoms. The molecule has 1 saturated heterocycles. The Hall–Kier alpha value is -2.18. The quantitative estimate of drug-likeness (QED) is 0.784. The summed E-state index contributed by atoms with van der Waals surface area (Å²) < 4.78 is 28.9. The first-order valence-electron chi connectivity index (χ1n) is 7.18. The number of nitrogens with zero attached hydrogens (tertiary/aromatic N) is 1. The van der Waals surface area contributed by atoms with Crippen LogP contribution in [0.3, 0.4) is 0 Å². The van der Waals surface area contributed by atoms with Crippen LogP contribution in [0.1, 0.15) is 29.6 Å². The van der Waals surface area contributed by atoms with Gasteiger partial charge in [-0.25, -0.2) is 0 Å². The number of nitrogens with one attached hydrogen (secondary N) is 1. The summed E-state index contributed by atoms with van der Waals surface area (Å²) in [5.74, 6) is -0.476. The van der Waals surface area contributed by atoms with E-state index < -0.39 is 12.5 Å². The second-order valence-electron chi connectivity index (χ2n) is 4.97. The molecule has 1 aromatic carbocycles. The summed E-state index contributed by atoms with van der Waals surface area (Å²) in [6.45, 7) is -1.26. The Morgan fingerprint density at radius 3 is 2.82 bits per heavy atom. The molecule has 0 saturated carbocycles. The smallest absolute Gasteiger partial charge is 0.387 e. The Kier molecular flexibility index (Phi) is 5.68. The number of amides is 2. The minimum atomic E-state index is -2.98. The Labute approximate surface area is 127 Å². The van der Waals surface area contributed by atoms with E-state index in [9.17, 15) is 18.4 Å². The van der Waals surface area contributed by atoms with Crippen molar-refractivity contribution in [2.45, 2.75) is 25.9 Å². The van der Waals surface area contributed by atoms with Crippen molar-refractivity contribution in [1.29, 1.82) is 0 Å². The summed E-state index contributed by atoms with van der Waals surface area (Å²) in [6.07, 6.45) is 2.09. The van der Waals surface area contributed by atoms with Crippen LogP contribution in [0.15, 0.2) is 24.3 Å². The molecule has 2 rings (SSSR count). The molecule has 0 atom stereocenters. The second-order valence-corrected chi connectivity index (χ2v) is 4.97. The lowest BCUT2D eigenvalue weighted by Crippen LogP contribution is -2.30. The van der Waals surface area contributed by atoms with E-state index in [0.717, 1.165) is 13.0 Å². The summed E-state index contributed by atoms with van der Waals surface area (Å²) in [4.78, 5) is 25.2. The van der Waals surface area contributed by atoms with E-state index in [1.165, 1.54) is 18.2 Å². The third-order valence-corrected chi connectivity index (χ3v) is 3.41. The van der Waals surface area contributed by atoms with E-state index in [2.05, 4.69) is 10.1 Å². The number of carbonyl (C=O) groups is 2. The first-order chi connectivity index (χ1) is 10.6. The van der Waals surface area contributed by atoms with E-state index in [-0.39, 0.29) is 17.2 Å². The summed E-state index contributed by atoms with van der Waals surface area (Å²) in [5, 5.41) is 2.65. The van der Waals surface area contributed by atoms with Crippen molar-refractivity contribution in [3.63, 3.8) is 0 Å². The van der Waals surface area contributed by atoms with Crippen molar-refractivity contribution in [2.24, 2.45) is 0 Å². The van der Waals surface area contributed by atoms with Crippen LogP contribution in [0.2, 0.25) is 0 Å². The molecule has 7 heteroatoms. The maximum absolute atomic E-state index is 12.3. The Morgan fingerprint density at radius 2 is 2.14 bits per heavy atom. The zero-order valence-electron chi connectivity index (χ0n) is 12.1. The fraction of sp³-hybridized carbons (Fsp3) is 0.467. The number of alkyl halides is 2. The zero-order valence-corrected chi connectivity index (χ0v) is 12.1. The van der Waals surface area contributed by atoms with Crippen LogP contribution in [0.25, 0.3) is 0 Å². The fourth-order valence-electron chi connectivity index (χ4n) is 2.36. The standard InChI is InChI=1S/C15H18F2N2O3/c16-15(17)22-12-6-2-1-5-11(12)14(21)18-8-4-10-19-9-3-7-13(19)20/h1-2,5-6,15H,3-4,7-10H2,(H,18,21). The van der Waals surface area contributed by atoms with Gasteiger partial charge in [-0.05, 0) is 25.0 Å². The van der Waals surface area contributed by atoms with Gasteiger partial charge in [0.15, 0.2) is 0 Å². The zero-order chi connectivity index (χ0) is 15.9. The molecule has 2 amide bonds. The predicted octanol–water partition coefficient (Wildman–Crippen LogP) is 2.03. The molecule has 0 radical (unpaired) electrons. The largest absolute Gasteiger partial charge is 0.434 e. The highest BCUT2D eigenvalue weighted by molar-refractivity contribution is 5.96. The van der Waals surface area contributed by atoms with Gasteiger partial charge in [-0.15, -0.1) is 0 Å². The van der Waals surface area contributed by atoms with E-state index in [4.69, 9.17) is 0 Å². The van der Waals surface area contributed by atoms with Gasteiger partial charge in [0.25, 0.3) is 5.91 Å². The fourth-order valence-corrected chi connectivity index (χ4v) is 2.36. The highest BCUT2D eigenvalue weighted by atomic mass is 19.3. The van der Waals surface area contributed by atoms with Crippen LogP contribution in [0.5, 0.6) is 5.75 Å². The SMILES string of the molecule is O=C(NCCCN1CCCC1=O)c1ccccc1OC(F)F. The number of benzene rings is 1. The highest BCUT2D eigenvalue weighted by Crippen LogP contribution is 2.20. The molecule has 1 heterocycles. The Bertz CT molecular complexity index is 537. The lowest BCUT2D eigenvalue weighted by molar-refractivity contribution is -0.127. The van der Waals surface area contributed by atoms with Crippen molar-refractivity contribution >= 4 is 11.8 Å². The molecular formula is C15H18F2N2O3. The Morgan fingerprint density at radius 1 is 1.36 bits per heavy atom. The average Bonchev–Trinajstić information content (AvgIpc) is 2.89. The molecule has 1 aromatic rings. The molecule has 1 aliphatic rings. The van der Waals surface area contributed by atoms with Gasteiger partial charge in [0.1, 0.15) is 5.75 Å². The van der Waals surface area contributed by atoms with E-state index in [1.54, 1.807) is 11.0 Å². The normalized spacial score (nSPS) is 14.5. The predicted molar refractivity (Wildman–Crippen MR) is 75.8 cm³/mol. The van der Waals surface area contributed by atoms with Gasteiger partial charge < -0.3 is 15.0 Å². The maximum Gasteiger partial charge on any atom is 0.387 e. The number of para-hydroxylation sites is 1. The first-order valence-corrected chi connectivity index (χ1v) is 7.18. The van der Waals surface area contributed by atoms with Gasteiger partial charge in [0, 0.05) is 26.1 Å². The van der Waals surface area contributed by atoms with Crippen LogP contribution >= 0.6 is 0 Å². The third-order valence-electron chi connectivity index (χ3n) is 3.41. The van der Waals surface area contributed by atoms with E-state index in [1.807, 2.05) is 0 Å². The number of hydrogen-bond acceptors (Lipinski definition) is 3. The van der Waals surface area contributed by atoms with Crippen LogP contribution in [0, 0.1) is 0 Å². The third kappa shape index (κ3) is 4.41. The maximum atomic E-state index is 12.3. The summed E-state index contributed by atoms with van der Waals surface area (Å²) in [6, 6.07) is 5.85. The molecule has 0 unspecified atom stereocenters. The minimum absolute atomic E-state index is 0.0695. The first kappa shape index (κ1) is 16.2. The molecule has 22 heavy (non-hydrogen) atoms. The van der Waals surface area contributed by atoms with Gasteiger partial charge >= 0.3 is 6.61 Å². The number of rotatable bonds is 7. The van der Waals surface area contributed by atoms with Crippen molar-refractivity contribution in [3.8, 4) is 5.75 Å². The van der Waals surface area contributed by atoms with Gasteiger partial charge in [0.05, 0.1) is 5.56 Å². The second kappa shape index (κ2) is 7.72. The van der Waals surface area contributed by atoms with Gasteiger partial charge in [-0.1, -0.05) is 12.1 Å². The number of carbonyl (C=O) groups excluding carboxylic acids is 2. The van der Waals surface area contributed by atoms with Gasteiger partial charge in [0.2, 0.25) is 5.91 Å². The van der Waals surface area contributed by atoms with Crippen LogP contribution in [-0.2, 0) is 4.79 Å². The molecule has 1 aliphatic heterocycles. The molecule has 0 aliphatic carbocycles. The topological polar surface area (TPSA) is 58.6 Å².